The molecule has 18 heavy (non-hydrogen) atoms. The summed E-state index contributed by atoms with van der Waals surface area (Å²) in [5.41, 5.74) is 1.16. The first kappa shape index (κ1) is 14.1. The van der Waals surface area contributed by atoms with Gasteiger partial charge in [-0.2, -0.15) is 0 Å². The molecule has 1 aromatic heterocycles. The average Bonchev–Trinajstić information content (AvgIpc) is 2.70. The minimum Gasteiger partial charge on any atom is -0.338 e. The van der Waals surface area contributed by atoms with Crippen LogP contribution in [0.4, 0.5) is 0 Å². The minimum atomic E-state index is 0.212. The molecule has 1 fully saturated rings. The average molecular weight is 330 g/mol. The molecule has 0 spiro atoms. The second-order valence-electron chi connectivity index (χ2n) is 5.09. The molecule has 1 aliphatic rings. The number of carbonyl (C=O) groups is 1. The largest absolute Gasteiger partial charge is 0.338 e. The van der Waals surface area contributed by atoms with Gasteiger partial charge in [-0.15, -0.1) is 11.3 Å². The number of aryl methyl sites for hydroxylation is 1. The van der Waals surface area contributed by atoms with Gasteiger partial charge in [0.1, 0.15) is 0 Å². The van der Waals surface area contributed by atoms with Gasteiger partial charge in [0.2, 0.25) is 0 Å². The number of rotatable bonds is 3. The summed E-state index contributed by atoms with van der Waals surface area (Å²) in [6, 6.07) is 2.00. The summed E-state index contributed by atoms with van der Waals surface area (Å²) < 4.78 is 1.08. The van der Waals surface area contributed by atoms with Crippen LogP contribution in [0.25, 0.3) is 0 Å². The molecule has 0 aliphatic carbocycles. The van der Waals surface area contributed by atoms with E-state index in [4.69, 9.17) is 0 Å². The number of likely N-dealkylation sites (tertiary alicyclic amines) is 1. The zero-order valence-electron chi connectivity index (χ0n) is 11.0. The third-order valence-corrected chi connectivity index (χ3v) is 5.79. The lowest BCUT2D eigenvalue weighted by atomic mass is 9.92. The van der Waals surface area contributed by atoms with Gasteiger partial charge in [0.15, 0.2) is 0 Å². The molecular weight excluding hydrogens is 310 g/mol. The first-order chi connectivity index (χ1) is 8.61. The van der Waals surface area contributed by atoms with E-state index in [0.717, 1.165) is 33.2 Å². The summed E-state index contributed by atoms with van der Waals surface area (Å²) in [6.07, 6.45) is 4.91. The molecule has 0 saturated carbocycles. The van der Waals surface area contributed by atoms with Crippen molar-refractivity contribution in [3.8, 4) is 0 Å². The summed E-state index contributed by atoms with van der Waals surface area (Å²) in [5.74, 6) is 1.04. The highest BCUT2D eigenvalue weighted by molar-refractivity contribution is 9.11. The molecule has 0 N–H and O–H groups in total. The Morgan fingerprint density at radius 2 is 2.17 bits per heavy atom. The molecule has 2 nitrogen and oxygen atoms in total. The summed E-state index contributed by atoms with van der Waals surface area (Å²) in [6.45, 7) is 6.13. The minimum absolute atomic E-state index is 0.212. The van der Waals surface area contributed by atoms with Crippen molar-refractivity contribution < 1.29 is 4.79 Å². The Morgan fingerprint density at radius 1 is 1.50 bits per heavy atom. The van der Waals surface area contributed by atoms with E-state index >= 15 is 0 Å². The molecule has 1 amide bonds. The molecule has 1 aromatic rings. The van der Waals surface area contributed by atoms with Crippen LogP contribution in [0.1, 0.15) is 47.8 Å². The molecule has 0 atom stereocenters. The van der Waals surface area contributed by atoms with Crippen LogP contribution in [-0.2, 0) is 0 Å². The van der Waals surface area contributed by atoms with Crippen LogP contribution in [0, 0.1) is 12.8 Å². The number of hydrogen-bond donors (Lipinski definition) is 0. The quantitative estimate of drug-likeness (QED) is 0.801. The summed E-state index contributed by atoms with van der Waals surface area (Å²) >= 11 is 5.04. The number of hydrogen-bond acceptors (Lipinski definition) is 2. The van der Waals surface area contributed by atoms with Crippen molar-refractivity contribution in [3.63, 3.8) is 0 Å². The van der Waals surface area contributed by atoms with Gasteiger partial charge in [-0.25, -0.2) is 0 Å². The first-order valence-corrected chi connectivity index (χ1v) is 8.28. The Morgan fingerprint density at radius 3 is 2.67 bits per heavy atom. The van der Waals surface area contributed by atoms with Crippen LogP contribution in [0.15, 0.2) is 9.85 Å². The number of nitrogens with zero attached hydrogens (tertiary/aromatic N) is 1. The lowest BCUT2D eigenvalue weighted by molar-refractivity contribution is 0.0691. The predicted octanol–water partition coefficient (Wildman–Crippen LogP) is 4.47. The monoisotopic (exact) mass is 329 g/mol. The third kappa shape index (κ3) is 3.15. The molecule has 100 valence electrons. The van der Waals surface area contributed by atoms with Crippen LogP contribution in [0.3, 0.4) is 0 Å². The molecule has 0 aromatic carbocycles. The van der Waals surface area contributed by atoms with Crippen molar-refractivity contribution in [1.29, 1.82) is 0 Å². The molecule has 1 aliphatic heterocycles. The van der Waals surface area contributed by atoms with E-state index in [1.165, 1.54) is 25.7 Å². The van der Waals surface area contributed by atoms with Gasteiger partial charge in [0, 0.05) is 13.1 Å². The van der Waals surface area contributed by atoms with E-state index < -0.39 is 0 Å². The van der Waals surface area contributed by atoms with E-state index in [-0.39, 0.29) is 5.91 Å². The molecule has 0 unspecified atom stereocenters. The Bertz CT molecular complexity index is 402. The number of amides is 1. The van der Waals surface area contributed by atoms with Crippen LogP contribution < -0.4 is 0 Å². The van der Waals surface area contributed by atoms with Crippen LogP contribution in [-0.4, -0.2) is 23.9 Å². The second kappa shape index (κ2) is 6.20. The van der Waals surface area contributed by atoms with Gasteiger partial charge in [0.25, 0.3) is 5.91 Å². The fourth-order valence-corrected chi connectivity index (χ4v) is 4.06. The van der Waals surface area contributed by atoms with Crippen molar-refractivity contribution in [2.24, 2.45) is 5.92 Å². The maximum absolute atomic E-state index is 12.3. The highest BCUT2D eigenvalue weighted by Gasteiger charge is 2.24. The van der Waals surface area contributed by atoms with Gasteiger partial charge in [0.05, 0.1) is 8.66 Å². The Kier molecular flexibility index (Phi) is 4.84. The topological polar surface area (TPSA) is 20.3 Å². The van der Waals surface area contributed by atoms with E-state index in [1.807, 2.05) is 17.9 Å². The standard InChI is InChI=1S/C14H20BrNOS/c1-3-4-11-5-7-16(8-6-11)14(17)12-9-10(2)13(15)18-12/h9,11H,3-8H2,1-2H3. The maximum Gasteiger partial charge on any atom is 0.263 e. The van der Waals surface area contributed by atoms with E-state index in [0.29, 0.717) is 0 Å². The van der Waals surface area contributed by atoms with Gasteiger partial charge in [-0.1, -0.05) is 19.8 Å². The molecule has 0 bridgehead atoms. The maximum atomic E-state index is 12.3. The number of thiophene rings is 1. The van der Waals surface area contributed by atoms with Gasteiger partial charge in [-0.05, 0) is 53.2 Å². The van der Waals surface area contributed by atoms with E-state index in [2.05, 4.69) is 22.9 Å². The Hall–Kier alpha value is -0.350. The smallest absolute Gasteiger partial charge is 0.263 e. The normalized spacial score (nSPS) is 17.2. The lowest BCUT2D eigenvalue weighted by Gasteiger charge is -2.31. The summed E-state index contributed by atoms with van der Waals surface area (Å²) in [4.78, 5) is 15.2. The van der Waals surface area contributed by atoms with Crippen molar-refractivity contribution in [1.82, 2.24) is 4.90 Å². The van der Waals surface area contributed by atoms with Crippen molar-refractivity contribution >= 4 is 33.2 Å². The Labute approximate surface area is 122 Å². The predicted molar refractivity (Wildman–Crippen MR) is 80.3 cm³/mol. The van der Waals surface area contributed by atoms with Crippen molar-refractivity contribution in [3.05, 3.63) is 20.3 Å². The molecule has 0 radical (unpaired) electrons. The van der Waals surface area contributed by atoms with Gasteiger partial charge in [-0.3, -0.25) is 4.79 Å². The molecule has 2 rings (SSSR count). The molecular formula is C14H20BrNOS. The fraction of sp³-hybridized carbons (Fsp3) is 0.643. The van der Waals surface area contributed by atoms with Crippen LogP contribution in [0.5, 0.6) is 0 Å². The van der Waals surface area contributed by atoms with Crippen LogP contribution in [0.2, 0.25) is 0 Å². The van der Waals surface area contributed by atoms with Crippen LogP contribution >= 0.6 is 27.3 Å². The zero-order chi connectivity index (χ0) is 13.1. The highest BCUT2D eigenvalue weighted by Crippen LogP contribution is 2.29. The first-order valence-electron chi connectivity index (χ1n) is 6.67. The SMILES string of the molecule is CCCC1CCN(C(=O)c2cc(C)c(Br)s2)CC1. The van der Waals surface area contributed by atoms with Gasteiger partial charge < -0.3 is 4.90 Å². The highest BCUT2D eigenvalue weighted by atomic mass is 79.9. The van der Waals surface area contributed by atoms with Crippen molar-refractivity contribution in [2.75, 3.05) is 13.1 Å². The van der Waals surface area contributed by atoms with Crippen molar-refractivity contribution in [2.45, 2.75) is 39.5 Å². The molecule has 4 heteroatoms. The van der Waals surface area contributed by atoms with Gasteiger partial charge >= 0.3 is 0 Å². The zero-order valence-corrected chi connectivity index (χ0v) is 13.4. The molecule has 2 heterocycles. The van der Waals surface area contributed by atoms with E-state index in [1.54, 1.807) is 11.3 Å². The third-order valence-electron chi connectivity index (χ3n) is 3.67. The number of piperidine rings is 1. The summed E-state index contributed by atoms with van der Waals surface area (Å²) in [5, 5.41) is 0. The summed E-state index contributed by atoms with van der Waals surface area (Å²) in [7, 11) is 0. The lowest BCUT2D eigenvalue weighted by Crippen LogP contribution is -2.38. The number of halogens is 1. The molecule has 1 saturated heterocycles. The number of carbonyl (C=O) groups excluding carboxylic acids is 1. The van der Waals surface area contributed by atoms with E-state index in [9.17, 15) is 4.79 Å². The fourth-order valence-electron chi connectivity index (χ4n) is 2.55. The second-order valence-corrected chi connectivity index (χ2v) is 7.46. The Balaban J connectivity index is 1.95.